The number of likely N-dealkylation sites (N-methyl/N-ethyl adjacent to an activating group) is 1. The number of rotatable bonds is 6. The highest BCUT2D eigenvalue weighted by Gasteiger charge is 2.22. The van der Waals surface area contributed by atoms with Gasteiger partial charge in [0, 0.05) is 24.7 Å². The van der Waals surface area contributed by atoms with Crippen LogP contribution in [0.4, 0.5) is 0 Å². The average molecular weight is 262 g/mol. The third-order valence-corrected chi connectivity index (χ3v) is 3.83. The summed E-state index contributed by atoms with van der Waals surface area (Å²) in [4.78, 5) is 2.60. The maximum absolute atomic E-state index is 5.73. The van der Waals surface area contributed by atoms with Gasteiger partial charge < -0.3 is 10.1 Å². The Balaban J connectivity index is 2.05. The predicted octanol–water partition coefficient (Wildman–Crippen LogP) is 2.66. The lowest BCUT2D eigenvalue weighted by molar-refractivity contribution is 0.137. The molecule has 0 aromatic heterocycles. The summed E-state index contributed by atoms with van der Waals surface area (Å²) in [5, 5.41) is 3.32. The highest BCUT2D eigenvalue weighted by Crippen LogP contribution is 2.24. The van der Waals surface area contributed by atoms with Gasteiger partial charge in [-0.15, -0.1) is 0 Å². The molecule has 1 fully saturated rings. The summed E-state index contributed by atoms with van der Waals surface area (Å²) in [6.45, 7) is 6.06. The van der Waals surface area contributed by atoms with Crippen molar-refractivity contribution >= 4 is 0 Å². The van der Waals surface area contributed by atoms with Gasteiger partial charge in [0.15, 0.2) is 0 Å². The Morgan fingerprint density at radius 3 is 2.95 bits per heavy atom. The van der Waals surface area contributed by atoms with Crippen molar-refractivity contribution in [1.29, 1.82) is 0 Å². The monoisotopic (exact) mass is 262 g/mol. The van der Waals surface area contributed by atoms with E-state index in [-0.39, 0.29) is 0 Å². The first-order chi connectivity index (χ1) is 9.35. The number of nitrogens with zero attached hydrogens (tertiary/aromatic N) is 1. The number of benzene rings is 1. The normalized spacial score (nSPS) is 20.4. The average Bonchev–Trinajstić information content (AvgIpc) is 2.44. The Kier molecular flexibility index (Phi) is 5.67. The van der Waals surface area contributed by atoms with Gasteiger partial charge in [0.25, 0.3) is 0 Å². The lowest BCUT2D eigenvalue weighted by atomic mass is 10.0. The molecule has 19 heavy (non-hydrogen) atoms. The predicted molar refractivity (Wildman–Crippen MR) is 79.6 cm³/mol. The zero-order chi connectivity index (χ0) is 13.5. The van der Waals surface area contributed by atoms with E-state index in [2.05, 4.69) is 34.5 Å². The molecule has 1 N–H and O–H groups in total. The van der Waals surface area contributed by atoms with Crippen LogP contribution in [-0.4, -0.2) is 37.7 Å². The lowest BCUT2D eigenvalue weighted by Crippen LogP contribution is -2.44. The molecule has 0 radical (unpaired) electrons. The number of ether oxygens (including phenoxy) is 1. The van der Waals surface area contributed by atoms with E-state index in [1.54, 1.807) is 0 Å². The first-order valence-electron chi connectivity index (χ1n) is 7.44. The molecule has 0 amide bonds. The Morgan fingerprint density at radius 1 is 1.32 bits per heavy atom. The zero-order valence-electron chi connectivity index (χ0n) is 12.2. The molecule has 0 saturated carbocycles. The van der Waals surface area contributed by atoms with E-state index < -0.39 is 0 Å². The van der Waals surface area contributed by atoms with Crippen molar-refractivity contribution < 1.29 is 4.74 Å². The first kappa shape index (κ1) is 14.4. The van der Waals surface area contributed by atoms with Crippen molar-refractivity contribution in [3.63, 3.8) is 0 Å². The van der Waals surface area contributed by atoms with Crippen LogP contribution in [0.15, 0.2) is 24.3 Å². The maximum atomic E-state index is 5.73. The van der Waals surface area contributed by atoms with Crippen LogP contribution in [0.25, 0.3) is 0 Å². The molecule has 1 aliphatic rings. The zero-order valence-corrected chi connectivity index (χ0v) is 12.2. The number of hydrogen-bond acceptors (Lipinski definition) is 3. The summed E-state index contributed by atoms with van der Waals surface area (Å²) in [6.07, 6.45) is 3.98. The molecule has 1 saturated heterocycles. The molecule has 106 valence electrons. The quantitative estimate of drug-likeness (QED) is 0.853. The van der Waals surface area contributed by atoms with Gasteiger partial charge in [0.05, 0.1) is 6.61 Å². The minimum atomic E-state index is 0.661. The summed E-state index contributed by atoms with van der Waals surface area (Å²) in [6, 6.07) is 9.09. The standard InChI is InChI=1S/C16H26N2O/c1-3-19-16-10-5-4-8-14(16)13-18-11-7-6-9-15(18)12-17-2/h4-5,8,10,15,17H,3,6-7,9,11-13H2,1-2H3. The SMILES string of the molecule is CCOc1ccccc1CN1CCCCC1CNC. The number of para-hydroxylation sites is 1. The van der Waals surface area contributed by atoms with E-state index in [1.165, 1.54) is 31.4 Å². The van der Waals surface area contributed by atoms with Crippen LogP contribution >= 0.6 is 0 Å². The van der Waals surface area contributed by atoms with E-state index in [4.69, 9.17) is 4.74 Å². The highest BCUT2D eigenvalue weighted by atomic mass is 16.5. The van der Waals surface area contributed by atoms with Crippen molar-refractivity contribution in [3.8, 4) is 5.75 Å². The van der Waals surface area contributed by atoms with E-state index in [1.807, 2.05) is 14.0 Å². The molecule has 1 aromatic rings. The van der Waals surface area contributed by atoms with Gasteiger partial charge in [0.2, 0.25) is 0 Å². The molecule has 0 aliphatic carbocycles. The second kappa shape index (κ2) is 7.51. The topological polar surface area (TPSA) is 24.5 Å². The summed E-state index contributed by atoms with van der Waals surface area (Å²) in [5.41, 5.74) is 1.31. The van der Waals surface area contributed by atoms with Crippen molar-refractivity contribution in [2.45, 2.75) is 38.8 Å². The molecule has 0 spiro atoms. The Labute approximate surface area is 116 Å². The smallest absolute Gasteiger partial charge is 0.123 e. The summed E-state index contributed by atoms with van der Waals surface area (Å²) < 4.78 is 5.73. The van der Waals surface area contributed by atoms with Gasteiger partial charge in [-0.25, -0.2) is 0 Å². The second-order valence-corrected chi connectivity index (χ2v) is 5.22. The van der Waals surface area contributed by atoms with Crippen molar-refractivity contribution in [1.82, 2.24) is 10.2 Å². The van der Waals surface area contributed by atoms with Crippen LogP contribution in [0, 0.1) is 0 Å². The maximum Gasteiger partial charge on any atom is 0.123 e. The van der Waals surface area contributed by atoms with Gasteiger partial charge in [-0.05, 0) is 39.4 Å². The van der Waals surface area contributed by atoms with E-state index in [9.17, 15) is 0 Å². The van der Waals surface area contributed by atoms with E-state index >= 15 is 0 Å². The summed E-state index contributed by atoms with van der Waals surface area (Å²) in [7, 11) is 2.04. The molecular weight excluding hydrogens is 236 g/mol. The third-order valence-electron chi connectivity index (χ3n) is 3.83. The highest BCUT2D eigenvalue weighted by molar-refractivity contribution is 5.33. The fourth-order valence-electron chi connectivity index (χ4n) is 2.88. The Hall–Kier alpha value is -1.06. The van der Waals surface area contributed by atoms with Crippen LogP contribution in [0.3, 0.4) is 0 Å². The van der Waals surface area contributed by atoms with Crippen molar-refractivity contribution in [2.24, 2.45) is 0 Å². The molecule has 1 aromatic carbocycles. The molecule has 1 atom stereocenters. The van der Waals surface area contributed by atoms with Crippen LogP contribution in [0.5, 0.6) is 5.75 Å². The lowest BCUT2D eigenvalue weighted by Gasteiger charge is -2.36. The van der Waals surface area contributed by atoms with Crippen molar-refractivity contribution in [3.05, 3.63) is 29.8 Å². The fraction of sp³-hybridized carbons (Fsp3) is 0.625. The largest absolute Gasteiger partial charge is 0.494 e. The summed E-state index contributed by atoms with van der Waals surface area (Å²) in [5.74, 6) is 1.04. The van der Waals surface area contributed by atoms with Crippen LogP contribution in [-0.2, 0) is 6.54 Å². The van der Waals surface area contributed by atoms with Crippen molar-refractivity contribution in [2.75, 3.05) is 26.7 Å². The number of piperidine rings is 1. The first-order valence-corrected chi connectivity index (χ1v) is 7.44. The van der Waals surface area contributed by atoms with Gasteiger partial charge in [-0.3, -0.25) is 4.90 Å². The number of nitrogens with one attached hydrogen (secondary N) is 1. The minimum absolute atomic E-state index is 0.661. The number of hydrogen-bond donors (Lipinski definition) is 1. The minimum Gasteiger partial charge on any atom is -0.494 e. The molecule has 1 heterocycles. The van der Waals surface area contributed by atoms with Crippen LogP contribution in [0.2, 0.25) is 0 Å². The van der Waals surface area contributed by atoms with Gasteiger partial charge in [-0.1, -0.05) is 24.6 Å². The van der Waals surface area contributed by atoms with Gasteiger partial charge >= 0.3 is 0 Å². The van der Waals surface area contributed by atoms with E-state index in [0.29, 0.717) is 6.04 Å². The molecule has 3 heteroatoms. The van der Waals surface area contributed by atoms with Gasteiger partial charge in [0.1, 0.15) is 5.75 Å². The molecule has 3 nitrogen and oxygen atoms in total. The second-order valence-electron chi connectivity index (χ2n) is 5.22. The number of likely N-dealkylation sites (tertiary alicyclic amines) is 1. The van der Waals surface area contributed by atoms with E-state index in [0.717, 1.165) is 25.4 Å². The Bertz CT molecular complexity index is 379. The van der Waals surface area contributed by atoms with Crippen LogP contribution in [0.1, 0.15) is 31.7 Å². The molecule has 1 aliphatic heterocycles. The Morgan fingerprint density at radius 2 is 2.16 bits per heavy atom. The summed E-state index contributed by atoms with van der Waals surface area (Å²) >= 11 is 0. The van der Waals surface area contributed by atoms with Gasteiger partial charge in [-0.2, -0.15) is 0 Å². The van der Waals surface area contributed by atoms with Crippen LogP contribution < -0.4 is 10.1 Å². The molecular formula is C16H26N2O. The molecule has 1 unspecified atom stereocenters. The molecule has 0 bridgehead atoms. The fourth-order valence-corrected chi connectivity index (χ4v) is 2.88. The molecule has 2 rings (SSSR count). The third kappa shape index (κ3) is 3.95.